The molecular weight excluding hydrogens is 267 g/mol. The maximum atomic E-state index is 13.3. The van der Waals surface area contributed by atoms with Crippen molar-refractivity contribution in [1.29, 1.82) is 0 Å². The van der Waals surface area contributed by atoms with Gasteiger partial charge in [0.2, 0.25) is 5.91 Å². The van der Waals surface area contributed by atoms with Crippen LogP contribution in [-0.4, -0.2) is 37.0 Å². The van der Waals surface area contributed by atoms with Gasteiger partial charge in [-0.15, -0.1) is 12.4 Å². The molecule has 0 bridgehead atoms. The Morgan fingerprint density at radius 3 is 2.53 bits per heavy atom. The van der Waals surface area contributed by atoms with E-state index in [1.165, 1.54) is 12.1 Å². The predicted octanol–water partition coefficient (Wildman–Crippen LogP) is 1.96. The summed E-state index contributed by atoms with van der Waals surface area (Å²) in [6.07, 6.45) is 0. The van der Waals surface area contributed by atoms with Gasteiger partial charge in [-0.05, 0) is 31.5 Å². The van der Waals surface area contributed by atoms with E-state index in [9.17, 15) is 9.18 Å². The molecule has 5 heteroatoms. The molecule has 0 aromatic heterocycles. The molecule has 0 radical (unpaired) electrons. The van der Waals surface area contributed by atoms with E-state index in [4.69, 9.17) is 0 Å². The zero-order valence-corrected chi connectivity index (χ0v) is 12.1. The van der Waals surface area contributed by atoms with E-state index in [2.05, 4.69) is 5.32 Å². The summed E-state index contributed by atoms with van der Waals surface area (Å²) >= 11 is 0. The van der Waals surface area contributed by atoms with Gasteiger partial charge in [-0.2, -0.15) is 0 Å². The lowest BCUT2D eigenvalue weighted by molar-refractivity contribution is -0.136. The number of nitrogens with zero attached hydrogens (tertiary/aromatic N) is 1. The van der Waals surface area contributed by atoms with Crippen LogP contribution in [0.3, 0.4) is 0 Å². The van der Waals surface area contributed by atoms with Crippen molar-refractivity contribution >= 4 is 18.3 Å². The third-order valence-corrected chi connectivity index (χ3v) is 3.49. The van der Waals surface area contributed by atoms with Crippen LogP contribution in [0.4, 0.5) is 4.39 Å². The number of amides is 1. The van der Waals surface area contributed by atoms with E-state index in [1.54, 1.807) is 6.07 Å². The van der Waals surface area contributed by atoms with Crippen LogP contribution in [0, 0.1) is 5.82 Å². The number of piperazine rings is 1. The molecule has 1 aromatic rings. The number of hydrogen-bond donors (Lipinski definition) is 1. The molecule has 0 atom stereocenters. The molecule has 1 saturated heterocycles. The Morgan fingerprint density at radius 2 is 1.95 bits per heavy atom. The van der Waals surface area contributed by atoms with Crippen molar-refractivity contribution in [2.24, 2.45) is 0 Å². The molecule has 1 aliphatic heterocycles. The second-order valence-corrected chi connectivity index (χ2v) is 5.18. The Hall–Kier alpha value is -1.13. The van der Waals surface area contributed by atoms with E-state index in [1.807, 2.05) is 24.8 Å². The first-order valence-electron chi connectivity index (χ1n) is 6.28. The normalized spacial score (nSPS) is 15.8. The molecule has 1 amide bonds. The Kier molecular flexibility index (Phi) is 5.32. The summed E-state index contributed by atoms with van der Waals surface area (Å²) < 4.78 is 13.3. The number of hydrogen-bond acceptors (Lipinski definition) is 2. The highest BCUT2D eigenvalue weighted by atomic mass is 35.5. The Labute approximate surface area is 119 Å². The van der Waals surface area contributed by atoms with Crippen LogP contribution in [0.5, 0.6) is 0 Å². The summed E-state index contributed by atoms with van der Waals surface area (Å²) in [7, 11) is 0. The smallest absolute Gasteiger partial charge is 0.232 e. The first kappa shape index (κ1) is 15.9. The fourth-order valence-electron chi connectivity index (χ4n) is 2.26. The highest BCUT2D eigenvalue weighted by Gasteiger charge is 2.34. The van der Waals surface area contributed by atoms with Gasteiger partial charge in [0.1, 0.15) is 5.82 Å². The number of rotatable bonds is 2. The second-order valence-electron chi connectivity index (χ2n) is 5.18. The lowest BCUT2D eigenvalue weighted by Gasteiger charge is -2.35. The molecule has 1 N–H and O–H groups in total. The Balaban J connectivity index is 0.00000180. The molecule has 0 saturated carbocycles. The lowest BCUT2D eigenvalue weighted by atomic mass is 9.83. The van der Waals surface area contributed by atoms with Crippen LogP contribution < -0.4 is 5.32 Å². The summed E-state index contributed by atoms with van der Waals surface area (Å²) in [6.45, 7) is 6.80. The summed E-state index contributed by atoms with van der Waals surface area (Å²) in [5.74, 6) is -0.233. The largest absolute Gasteiger partial charge is 0.339 e. The Bertz CT molecular complexity index is 445. The standard InChI is InChI=1S/C14H19FN2O.ClH/c1-14(2,11-4-3-5-12(15)10-11)13(18)17-8-6-16-7-9-17;/h3-5,10,16H,6-9H2,1-2H3;1H. The summed E-state index contributed by atoms with van der Waals surface area (Å²) in [4.78, 5) is 14.4. The first-order valence-corrected chi connectivity index (χ1v) is 6.28. The van der Waals surface area contributed by atoms with Crippen molar-refractivity contribution in [3.63, 3.8) is 0 Å². The monoisotopic (exact) mass is 286 g/mol. The minimum atomic E-state index is -0.681. The average molecular weight is 287 g/mol. The second kappa shape index (κ2) is 6.35. The van der Waals surface area contributed by atoms with Crippen LogP contribution in [0.15, 0.2) is 24.3 Å². The van der Waals surface area contributed by atoms with Gasteiger partial charge in [0.05, 0.1) is 5.41 Å². The average Bonchev–Trinajstić information content (AvgIpc) is 2.39. The Morgan fingerprint density at radius 1 is 1.32 bits per heavy atom. The van der Waals surface area contributed by atoms with E-state index in [0.29, 0.717) is 0 Å². The lowest BCUT2D eigenvalue weighted by Crippen LogP contribution is -2.51. The first-order chi connectivity index (χ1) is 8.51. The van der Waals surface area contributed by atoms with E-state index >= 15 is 0 Å². The minimum absolute atomic E-state index is 0. The van der Waals surface area contributed by atoms with Gasteiger partial charge in [0, 0.05) is 26.2 Å². The fourth-order valence-corrected chi connectivity index (χ4v) is 2.26. The molecule has 2 rings (SSSR count). The van der Waals surface area contributed by atoms with Crippen LogP contribution in [0.2, 0.25) is 0 Å². The molecule has 0 spiro atoms. The van der Waals surface area contributed by atoms with Crippen molar-refractivity contribution in [3.8, 4) is 0 Å². The van der Waals surface area contributed by atoms with Crippen molar-refractivity contribution in [2.75, 3.05) is 26.2 Å². The van der Waals surface area contributed by atoms with Gasteiger partial charge in [0.25, 0.3) is 0 Å². The zero-order chi connectivity index (χ0) is 13.2. The van der Waals surface area contributed by atoms with Crippen molar-refractivity contribution in [2.45, 2.75) is 19.3 Å². The minimum Gasteiger partial charge on any atom is -0.339 e. The molecular formula is C14H20ClFN2O. The molecule has 0 aliphatic carbocycles. The van der Waals surface area contributed by atoms with Crippen molar-refractivity contribution < 1.29 is 9.18 Å². The summed E-state index contributed by atoms with van der Waals surface area (Å²) in [6, 6.07) is 6.30. The van der Waals surface area contributed by atoms with Gasteiger partial charge in [-0.3, -0.25) is 4.79 Å². The van der Waals surface area contributed by atoms with Crippen LogP contribution in [0.25, 0.3) is 0 Å². The molecule has 1 aliphatic rings. The zero-order valence-electron chi connectivity index (χ0n) is 11.3. The predicted molar refractivity (Wildman–Crippen MR) is 76.1 cm³/mol. The molecule has 1 heterocycles. The number of carbonyl (C=O) groups excluding carboxylic acids is 1. The number of benzene rings is 1. The fraction of sp³-hybridized carbons (Fsp3) is 0.500. The van der Waals surface area contributed by atoms with E-state index in [0.717, 1.165) is 31.7 Å². The molecule has 1 aromatic carbocycles. The topological polar surface area (TPSA) is 32.3 Å². The quantitative estimate of drug-likeness (QED) is 0.901. The van der Waals surface area contributed by atoms with Crippen molar-refractivity contribution in [3.05, 3.63) is 35.6 Å². The van der Waals surface area contributed by atoms with Gasteiger partial charge in [-0.1, -0.05) is 12.1 Å². The van der Waals surface area contributed by atoms with Crippen LogP contribution in [0.1, 0.15) is 19.4 Å². The SMILES string of the molecule is CC(C)(C(=O)N1CCNCC1)c1cccc(F)c1.Cl. The van der Waals surface area contributed by atoms with Crippen LogP contribution in [-0.2, 0) is 10.2 Å². The number of halogens is 2. The number of nitrogens with one attached hydrogen (secondary N) is 1. The molecule has 1 fully saturated rings. The third kappa shape index (κ3) is 3.45. The molecule has 3 nitrogen and oxygen atoms in total. The molecule has 19 heavy (non-hydrogen) atoms. The van der Waals surface area contributed by atoms with E-state index < -0.39 is 5.41 Å². The summed E-state index contributed by atoms with van der Waals surface area (Å²) in [5.41, 5.74) is 0.0467. The van der Waals surface area contributed by atoms with Gasteiger partial charge in [-0.25, -0.2) is 4.39 Å². The van der Waals surface area contributed by atoms with Crippen molar-refractivity contribution in [1.82, 2.24) is 10.2 Å². The highest BCUT2D eigenvalue weighted by Crippen LogP contribution is 2.26. The van der Waals surface area contributed by atoms with Crippen LogP contribution >= 0.6 is 12.4 Å². The van der Waals surface area contributed by atoms with E-state index in [-0.39, 0.29) is 24.1 Å². The maximum Gasteiger partial charge on any atom is 0.232 e. The molecule has 106 valence electrons. The number of carbonyl (C=O) groups is 1. The van der Waals surface area contributed by atoms with Gasteiger partial charge >= 0.3 is 0 Å². The van der Waals surface area contributed by atoms with Gasteiger partial charge < -0.3 is 10.2 Å². The molecule has 0 unspecified atom stereocenters. The maximum absolute atomic E-state index is 13.3. The summed E-state index contributed by atoms with van der Waals surface area (Å²) in [5, 5.41) is 3.22. The highest BCUT2D eigenvalue weighted by molar-refractivity contribution is 5.87. The third-order valence-electron chi connectivity index (χ3n) is 3.49. The van der Waals surface area contributed by atoms with Gasteiger partial charge in [0.15, 0.2) is 0 Å².